The van der Waals surface area contributed by atoms with Crippen molar-refractivity contribution in [3.8, 4) is 11.5 Å². The number of carbonyl (C=O) groups excluding carboxylic acids is 1. The standard InChI is InChI=1S/C17H18FNO3/c1-11(2)22-14-7-5-13(6-8-14)19-17(20)12-4-9-16(21-3)15(18)10-12/h4-11H,1-3H3,(H,19,20). The third-order valence-electron chi connectivity index (χ3n) is 2.90. The van der Waals surface area contributed by atoms with Gasteiger partial charge in [-0.2, -0.15) is 0 Å². The molecule has 0 fully saturated rings. The Morgan fingerprint density at radius 1 is 1.14 bits per heavy atom. The smallest absolute Gasteiger partial charge is 0.255 e. The van der Waals surface area contributed by atoms with Crippen molar-refractivity contribution in [2.45, 2.75) is 20.0 Å². The molecule has 0 atom stereocenters. The van der Waals surface area contributed by atoms with Crippen LogP contribution < -0.4 is 14.8 Å². The van der Waals surface area contributed by atoms with Crippen molar-refractivity contribution in [1.82, 2.24) is 0 Å². The largest absolute Gasteiger partial charge is 0.494 e. The first kappa shape index (κ1) is 15.8. The number of hydrogen-bond donors (Lipinski definition) is 1. The van der Waals surface area contributed by atoms with E-state index in [1.165, 1.54) is 19.2 Å². The van der Waals surface area contributed by atoms with Crippen molar-refractivity contribution < 1.29 is 18.7 Å². The second-order valence-electron chi connectivity index (χ2n) is 4.99. The summed E-state index contributed by atoms with van der Waals surface area (Å²) in [6.07, 6.45) is 0.0858. The number of hydrogen-bond acceptors (Lipinski definition) is 3. The molecule has 0 aliphatic heterocycles. The minimum Gasteiger partial charge on any atom is -0.494 e. The van der Waals surface area contributed by atoms with Gasteiger partial charge in [0.25, 0.3) is 5.91 Å². The van der Waals surface area contributed by atoms with Crippen LogP contribution in [0.2, 0.25) is 0 Å². The molecule has 0 saturated heterocycles. The van der Waals surface area contributed by atoms with E-state index in [1.54, 1.807) is 24.3 Å². The summed E-state index contributed by atoms with van der Waals surface area (Å²) in [5.41, 5.74) is 0.832. The minimum atomic E-state index is -0.573. The molecular formula is C17H18FNO3. The predicted octanol–water partition coefficient (Wildman–Crippen LogP) is 3.87. The first-order chi connectivity index (χ1) is 10.5. The molecule has 0 spiro atoms. The van der Waals surface area contributed by atoms with Gasteiger partial charge in [-0.3, -0.25) is 4.79 Å². The van der Waals surface area contributed by atoms with Crippen LogP contribution in [0.25, 0.3) is 0 Å². The Balaban J connectivity index is 2.06. The van der Waals surface area contributed by atoms with Crippen LogP contribution in [-0.2, 0) is 0 Å². The fourth-order valence-corrected chi connectivity index (χ4v) is 1.90. The summed E-state index contributed by atoms with van der Waals surface area (Å²) >= 11 is 0. The molecule has 1 amide bonds. The molecule has 5 heteroatoms. The quantitative estimate of drug-likeness (QED) is 0.912. The zero-order valence-corrected chi connectivity index (χ0v) is 12.7. The highest BCUT2D eigenvalue weighted by Gasteiger charge is 2.10. The van der Waals surface area contributed by atoms with E-state index in [9.17, 15) is 9.18 Å². The number of carbonyl (C=O) groups is 1. The van der Waals surface area contributed by atoms with E-state index >= 15 is 0 Å². The molecule has 0 aromatic heterocycles. The third-order valence-corrected chi connectivity index (χ3v) is 2.90. The number of benzene rings is 2. The maximum absolute atomic E-state index is 13.6. The molecule has 1 N–H and O–H groups in total. The normalized spacial score (nSPS) is 10.4. The summed E-state index contributed by atoms with van der Waals surface area (Å²) in [6.45, 7) is 3.88. The van der Waals surface area contributed by atoms with E-state index in [0.29, 0.717) is 5.69 Å². The molecule has 0 heterocycles. The van der Waals surface area contributed by atoms with Gasteiger partial charge in [0.1, 0.15) is 5.75 Å². The summed E-state index contributed by atoms with van der Waals surface area (Å²) in [5.74, 6) is -0.134. The van der Waals surface area contributed by atoms with E-state index in [-0.39, 0.29) is 23.3 Å². The van der Waals surface area contributed by atoms with Crippen molar-refractivity contribution >= 4 is 11.6 Å². The lowest BCUT2D eigenvalue weighted by molar-refractivity contribution is 0.102. The van der Waals surface area contributed by atoms with Crippen LogP contribution in [0.5, 0.6) is 11.5 Å². The number of methoxy groups -OCH3 is 1. The molecular weight excluding hydrogens is 285 g/mol. The number of rotatable bonds is 5. The lowest BCUT2D eigenvalue weighted by Gasteiger charge is -2.11. The fourth-order valence-electron chi connectivity index (χ4n) is 1.90. The second kappa shape index (κ2) is 6.93. The van der Waals surface area contributed by atoms with Gasteiger partial charge in [-0.05, 0) is 56.3 Å². The van der Waals surface area contributed by atoms with E-state index in [4.69, 9.17) is 9.47 Å². The van der Waals surface area contributed by atoms with Crippen molar-refractivity contribution in [2.75, 3.05) is 12.4 Å². The van der Waals surface area contributed by atoms with Crippen LogP contribution in [-0.4, -0.2) is 19.1 Å². The molecule has 0 bridgehead atoms. The minimum absolute atomic E-state index is 0.0858. The molecule has 2 aromatic rings. The molecule has 0 aliphatic rings. The second-order valence-corrected chi connectivity index (χ2v) is 4.99. The first-order valence-electron chi connectivity index (χ1n) is 6.91. The Morgan fingerprint density at radius 2 is 1.82 bits per heavy atom. The van der Waals surface area contributed by atoms with Gasteiger partial charge in [-0.15, -0.1) is 0 Å². The zero-order chi connectivity index (χ0) is 16.1. The first-order valence-corrected chi connectivity index (χ1v) is 6.91. The average Bonchev–Trinajstić information content (AvgIpc) is 2.48. The SMILES string of the molecule is COc1ccc(C(=O)Nc2ccc(OC(C)C)cc2)cc1F. The topological polar surface area (TPSA) is 47.6 Å². The molecule has 116 valence electrons. The van der Waals surface area contributed by atoms with Crippen LogP contribution in [0.3, 0.4) is 0 Å². The predicted molar refractivity (Wildman–Crippen MR) is 83.1 cm³/mol. The number of amides is 1. The van der Waals surface area contributed by atoms with Crippen molar-refractivity contribution in [3.63, 3.8) is 0 Å². The number of anilines is 1. The fraction of sp³-hybridized carbons (Fsp3) is 0.235. The zero-order valence-electron chi connectivity index (χ0n) is 12.7. The van der Waals surface area contributed by atoms with Crippen molar-refractivity contribution in [1.29, 1.82) is 0 Å². The van der Waals surface area contributed by atoms with Crippen molar-refractivity contribution in [3.05, 3.63) is 53.8 Å². The monoisotopic (exact) mass is 303 g/mol. The maximum atomic E-state index is 13.6. The molecule has 0 saturated carbocycles. The number of nitrogens with one attached hydrogen (secondary N) is 1. The van der Waals surface area contributed by atoms with Gasteiger partial charge in [0.15, 0.2) is 11.6 Å². The van der Waals surface area contributed by atoms with Gasteiger partial charge in [0.05, 0.1) is 13.2 Å². The maximum Gasteiger partial charge on any atom is 0.255 e. The van der Waals surface area contributed by atoms with Gasteiger partial charge in [-0.1, -0.05) is 0 Å². The lowest BCUT2D eigenvalue weighted by atomic mass is 10.2. The van der Waals surface area contributed by atoms with E-state index in [0.717, 1.165) is 11.8 Å². The molecule has 0 unspecified atom stereocenters. The summed E-state index contributed by atoms with van der Waals surface area (Å²) < 4.78 is 23.9. The van der Waals surface area contributed by atoms with Gasteiger partial charge in [0.2, 0.25) is 0 Å². The Morgan fingerprint density at radius 3 is 2.36 bits per heavy atom. The summed E-state index contributed by atoms with van der Waals surface area (Å²) in [5, 5.41) is 2.70. The molecule has 22 heavy (non-hydrogen) atoms. The van der Waals surface area contributed by atoms with Gasteiger partial charge in [-0.25, -0.2) is 4.39 Å². The van der Waals surface area contributed by atoms with Crippen LogP contribution >= 0.6 is 0 Å². The van der Waals surface area contributed by atoms with E-state index in [1.807, 2.05) is 13.8 Å². The number of halogens is 1. The highest BCUT2D eigenvalue weighted by molar-refractivity contribution is 6.04. The highest BCUT2D eigenvalue weighted by atomic mass is 19.1. The third kappa shape index (κ3) is 3.97. The average molecular weight is 303 g/mol. The molecule has 0 aliphatic carbocycles. The summed E-state index contributed by atoms with van der Waals surface area (Å²) in [6, 6.07) is 11.1. The molecule has 2 rings (SSSR count). The Bertz CT molecular complexity index is 653. The van der Waals surface area contributed by atoms with Crippen LogP contribution in [0.15, 0.2) is 42.5 Å². The van der Waals surface area contributed by atoms with E-state index < -0.39 is 5.82 Å². The molecule has 4 nitrogen and oxygen atoms in total. The van der Waals surface area contributed by atoms with Crippen LogP contribution in [0.4, 0.5) is 10.1 Å². The Hall–Kier alpha value is -2.56. The highest BCUT2D eigenvalue weighted by Crippen LogP contribution is 2.20. The molecule has 0 radical (unpaired) electrons. The Kier molecular flexibility index (Phi) is 4.99. The van der Waals surface area contributed by atoms with Crippen LogP contribution in [0.1, 0.15) is 24.2 Å². The molecule has 2 aromatic carbocycles. The summed E-state index contributed by atoms with van der Waals surface area (Å²) in [4.78, 5) is 12.1. The van der Waals surface area contributed by atoms with E-state index in [2.05, 4.69) is 5.32 Å². The Labute approximate surface area is 128 Å². The van der Waals surface area contributed by atoms with Gasteiger partial charge < -0.3 is 14.8 Å². The number of ether oxygens (including phenoxy) is 2. The van der Waals surface area contributed by atoms with Crippen molar-refractivity contribution in [2.24, 2.45) is 0 Å². The lowest BCUT2D eigenvalue weighted by Crippen LogP contribution is -2.12. The van der Waals surface area contributed by atoms with Crippen LogP contribution in [0, 0.1) is 5.82 Å². The van der Waals surface area contributed by atoms with Gasteiger partial charge >= 0.3 is 0 Å². The summed E-state index contributed by atoms with van der Waals surface area (Å²) in [7, 11) is 1.37. The van der Waals surface area contributed by atoms with Gasteiger partial charge in [0, 0.05) is 11.3 Å².